The molecular weight excluding hydrogens is 146 g/mol. The van der Waals surface area contributed by atoms with E-state index < -0.39 is 0 Å². The van der Waals surface area contributed by atoms with Gasteiger partial charge >= 0.3 is 0 Å². The standard InChI is InChI=1S/C7H14NOS/c1-2-10-8-5-3-4-7(9)6-8/h3,7,9H,2,4-6H2,1H3/t7-/m1/s1. The molecular formula is C7H14NOS. The quantitative estimate of drug-likeness (QED) is 0.608. The summed E-state index contributed by atoms with van der Waals surface area (Å²) in [6.45, 7) is 3.98. The molecule has 1 rings (SSSR count). The van der Waals surface area contributed by atoms with Crippen molar-refractivity contribution in [1.29, 1.82) is 0 Å². The Morgan fingerprint density at radius 3 is 3.20 bits per heavy atom. The molecule has 2 nitrogen and oxygen atoms in total. The molecule has 1 aliphatic rings. The molecule has 1 N–H and O–H groups in total. The van der Waals surface area contributed by atoms with Crippen LogP contribution in [0, 0.1) is 6.42 Å². The Labute approximate surface area is 66.7 Å². The average molecular weight is 160 g/mol. The first-order valence-electron chi connectivity index (χ1n) is 3.70. The van der Waals surface area contributed by atoms with Crippen molar-refractivity contribution in [3.05, 3.63) is 6.42 Å². The van der Waals surface area contributed by atoms with E-state index in [0.29, 0.717) is 0 Å². The predicted octanol–water partition coefficient (Wildman–Crippen LogP) is 0.925. The summed E-state index contributed by atoms with van der Waals surface area (Å²) in [6.07, 6.45) is 2.87. The van der Waals surface area contributed by atoms with Crippen LogP contribution < -0.4 is 0 Å². The van der Waals surface area contributed by atoms with Crippen LogP contribution >= 0.6 is 11.9 Å². The molecule has 0 aliphatic carbocycles. The molecule has 59 valence electrons. The zero-order valence-electron chi connectivity index (χ0n) is 6.29. The SMILES string of the molecule is CCSN1C[CH]C[C@@H](O)C1. The number of piperidine rings is 1. The maximum Gasteiger partial charge on any atom is 0.0679 e. The second kappa shape index (κ2) is 4.21. The first-order chi connectivity index (χ1) is 4.83. The third kappa shape index (κ3) is 2.48. The summed E-state index contributed by atoms with van der Waals surface area (Å²) in [7, 11) is 0. The van der Waals surface area contributed by atoms with Gasteiger partial charge in [0, 0.05) is 18.8 Å². The van der Waals surface area contributed by atoms with Crippen molar-refractivity contribution in [2.75, 3.05) is 18.8 Å². The molecule has 1 atom stereocenters. The van der Waals surface area contributed by atoms with Crippen LogP contribution in [0.5, 0.6) is 0 Å². The third-order valence-electron chi connectivity index (χ3n) is 1.50. The van der Waals surface area contributed by atoms with E-state index in [4.69, 9.17) is 0 Å². The summed E-state index contributed by atoms with van der Waals surface area (Å²) in [5.74, 6) is 1.10. The molecule has 0 spiro atoms. The van der Waals surface area contributed by atoms with Gasteiger partial charge in [-0.15, -0.1) is 0 Å². The summed E-state index contributed by atoms with van der Waals surface area (Å²) < 4.78 is 2.20. The molecule has 1 saturated heterocycles. The molecule has 3 heteroatoms. The minimum atomic E-state index is -0.132. The van der Waals surface area contributed by atoms with Gasteiger partial charge in [0.25, 0.3) is 0 Å². The second-order valence-corrected chi connectivity index (χ2v) is 3.79. The summed E-state index contributed by atoms with van der Waals surface area (Å²) in [6, 6.07) is 0. The van der Waals surface area contributed by atoms with E-state index in [0.717, 1.165) is 25.3 Å². The summed E-state index contributed by atoms with van der Waals surface area (Å²) >= 11 is 1.80. The van der Waals surface area contributed by atoms with Crippen LogP contribution in [-0.2, 0) is 0 Å². The smallest absolute Gasteiger partial charge is 0.0679 e. The van der Waals surface area contributed by atoms with Crippen molar-refractivity contribution in [3.63, 3.8) is 0 Å². The molecule has 1 fully saturated rings. The van der Waals surface area contributed by atoms with E-state index in [1.165, 1.54) is 0 Å². The zero-order chi connectivity index (χ0) is 7.40. The normalized spacial score (nSPS) is 28.8. The van der Waals surface area contributed by atoms with Gasteiger partial charge in [0.05, 0.1) is 6.10 Å². The molecule has 0 bridgehead atoms. The molecule has 1 radical (unpaired) electrons. The van der Waals surface area contributed by atoms with Crippen LogP contribution in [0.3, 0.4) is 0 Å². The van der Waals surface area contributed by atoms with Gasteiger partial charge in [0.2, 0.25) is 0 Å². The lowest BCUT2D eigenvalue weighted by Gasteiger charge is -2.27. The van der Waals surface area contributed by atoms with Crippen molar-refractivity contribution in [1.82, 2.24) is 4.31 Å². The Morgan fingerprint density at radius 2 is 2.60 bits per heavy atom. The number of hydrogen-bond donors (Lipinski definition) is 1. The maximum atomic E-state index is 9.22. The zero-order valence-corrected chi connectivity index (χ0v) is 7.10. The van der Waals surface area contributed by atoms with Gasteiger partial charge in [-0.3, -0.25) is 0 Å². The van der Waals surface area contributed by atoms with Gasteiger partial charge in [-0.1, -0.05) is 18.9 Å². The Kier molecular flexibility index (Phi) is 3.52. The molecule has 0 amide bonds. The summed E-state index contributed by atoms with van der Waals surface area (Å²) in [5, 5.41) is 9.22. The van der Waals surface area contributed by atoms with Crippen LogP contribution in [0.1, 0.15) is 13.3 Å². The largest absolute Gasteiger partial charge is 0.392 e. The topological polar surface area (TPSA) is 23.5 Å². The number of aliphatic hydroxyl groups excluding tert-OH is 1. The maximum absolute atomic E-state index is 9.22. The fourth-order valence-corrected chi connectivity index (χ4v) is 1.94. The van der Waals surface area contributed by atoms with Crippen molar-refractivity contribution < 1.29 is 5.11 Å². The van der Waals surface area contributed by atoms with E-state index in [2.05, 4.69) is 17.6 Å². The monoisotopic (exact) mass is 160 g/mol. The lowest BCUT2D eigenvalue weighted by Crippen LogP contribution is -2.34. The Morgan fingerprint density at radius 1 is 1.80 bits per heavy atom. The van der Waals surface area contributed by atoms with Gasteiger partial charge in [-0.05, 0) is 12.8 Å². The number of hydrogen-bond acceptors (Lipinski definition) is 3. The van der Waals surface area contributed by atoms with Crippen LogP contribution in [0.15, 0.2) is 0 Å². The first kappa shape index (κ1) is 8.37. The summed E-state index contributed by atoms with van der Waals surface area (Å²) in [4.78, 5) is 0. The van der Waals surface area contributed by atoms with Crippen LogP contribution in [-0.4, -0.2) is 34.4 Å². The van der Waals surface area contributed by atoms with Crippen LogP contribution in [0.2, 0.25) is 0 Å². The van der Waals surface area contributed by atoms with Crippen molar-refractivity contribution in [2.45, 2.75) is 19.4 Å². The number of rotatable bonds is 2. The number of aliphatic hydroxyl groups is 1. The molecule has 1 aliphatic heterocycles. The molecule has 0 unspecified atom stereocenters. The molecule has 1 heterocycles. The highest BCUT2D eigenvalue weighted by Crippen LogP contribution is 2.16. The minimum absolute atomic E-state index is 0.132. The number of β-amino-alcohol motifs (C(OH)–C–C–N with tert-alkyl or cyclic N) is 1. The van der Waals surface area contributed by atoms with Crippen LogP contribution in [0.25, 0.3) is 0 Å². The fraction of sp³-hybridized carbons (Fsp3) is 0.857. The van der Waals surface area contributed by atoms with Crippen molar-refractivity contribution in [3.8, 4) is 0 Å². The Bertz CT molecular complexity index is 97.6. The van der Waals surface area contributed by atoms with E-state index >= 15 is 0 Å². The van der Waals surface area contributed by atoms with E-state index in [-0.39, 0.29) is 6.10 Å². The van der Waals surface area contributed by atoms with E-state index in [9.17, 15) is 5.11 Å². The van der Waals surface area contributed by atoms with Crippen molar-refractivity contribution >= 4 is 11.9 Å². The molecule has 0 aromatic rings. The van der Waals surface area contributed by atoms with Gasteiger partial charge < -0.3 is 5.11 Å². The second-order valence-electron chi connectivity index (χ2n) is 2.44. The number of nitrogens with zero attached hydrogens (tertiary/aromatic N) is 1. The Balaban J connectivity index is 2.18. The lowest BCUT2D eigenvalue weighted by atomic mass is 10.1. The first-order valence-corrected chi connectivity index (χ1v) is 4.64. The molecule has 0 saturated carbocycles. The summed E-state index contributed by atoms with van der Waals surface area (Å²) in [5.41, 5.74) is 0. The predicted molar refractivity (Wildman–Crippen MR) is 44.6 cm³/mol. The highest BCUT2D eigenvalue weighted by atomic mass is 32.2. The van der Waals surface area contributed by atoms with E-state index in [1.807, 2.05) is 0 Å². The van der Waals surface area contributed by atoms with Gasteiger partial charge in [-0.2, -0.15) is 0 Å². The van der Waals surface area contributed by atoms with Gasteiger partial charge in [-0.25, -0.2) is 4.31 Å². The highest BCUT2D eigenvalue weighted by Gasteiger charge is 2.16. The minimum Gasteiger partial charge on any atom is -0.392 e. The van der Waals surface area contributed by atoms with E-state index in [1.54, 1.807) is 11.9 Å². The highest BCUT2D eigenvalue weighted by molar-refractivity contribution is 7.96. The van der Waals surface area contributed by atoms with Gasteiger partial charge in [0.15, 0.2) is 0 Å². The third-order valence-corrected chi connectivity index (χ3v) is 2.42. The Hall–Kier alpha value is 0.270. The molecule has 10 heavy (non-hydrogen) atoms. The van der Waals surface area contributed by atoms with Gasteiger partial charge in [0.1, 0.15) is 0 Å². The molecule has 0 aromatic carbocycles. The molecule has 0 aromatic heterocycles. The lowest BCUT2D eigenvalue weighted by molar-refractivity contribution is 0.132. The van der Waals surface area contributed by atoms with Crippen molar-refractivity contribution in [2.24, 2.45) is 0 Å². The van der Waals surface area contributed by atoms with Crippen LogP contribution in [0.4, 0.5) is 0 Å². The average Bonchev–Trinajstić information content (AvgIpc) is 1.88. The fourth-order valence-electron chi connectivity index (χ4n) is 1.08.